The molecular formula is C19H17N3O3. The van der Waals surface area contributed by atoms with Crippen molar-refractivity contribution >= 4 is 28.3 Å². The zero-order valence-corrected chi connectivity index (χ0v) is 13.7. The second kappa shape index (κ2) is 7.09. The second-order valence-corrected chi connectivity index (χ2v) is 5.71. The van der Waals surface area contributed by atoms with Gasteiger partial charge in [-0.2, -0.15) is 0 Å². The Bertz CT molecular complexity index is 991. The van der Waals surface area contributed by atoms with Gasteiger partial charge in [-0.15, -0.1) is 0 Å². The Hall–Kier alpha value is -3.28. The van der Waals surface area contributed by atoms with Gasteiger partial charge in [0.15, 0.2) is 5.78 Å². The Morgan fingerprint density at radius 1 is 1.08 bits per heavy atom. The van der Waals surface area contributed by atoms with Crippen molar-refractivity contribution in [3.8, 4) is 0 Å². The summed E-state index contributed by atoms with van der Waals surface area (Å²) in [4.78, 5) is 42.4. The number of para-hydroxylation sites is 1. The maximum absolute atomic E-state index is 12.1. The molecule has 3 rings (SSSR count). The first-order chi connectivity index (χ1) is 12.0. The Labute approximate surface area is 143 Å². The number of benzene rings is 2. The van der Waals surface area contributed by atoms with Crippen LogP contribution in [0.15, 0.2) is 53.3 Å². The lowest BCUT2D eigenvalue weighted by molar-refractivity contribution is -0.116. The Kier molecular flexibility index (Phi) is 4.70. The van der Waals surface area contributed by atoms with E-state index in [1.807, 2.05) is 6.07 Å². The molecule has 0 saturated heterocycles. The molecule has 0 fully saturated rings. The number of carbonyl (C=O) groups excluding carboxylic acids is 2. The van der Waals surface area contributed by atoms with Gasteiger partial charge in [-0.25, -0.2) is 4.98 Å². The average molecular weight is 335 g/mol. The van der Waals surface area contributed by atoms with Crippen LogP contribution in [0.2, 0.25) is 0 Å². The van der Waals surface area contributed by atoms with E-state index >= 15 is 0 Å². The fraction of sp³-hybridized carbons (Fsp3) is 0.158. The summed E-state index contributed by atoms with van der Waals surface area (Å²) in [5.74, 6) is 0.265. The van der Waals surface area contributed by atoms with Crippen molar-refractivity contribution in [1.29, 1.82) is 0 Å². The number of hydrogen-bond acceptors (Lipinski definition) is 4. The molecule has 0 unspecified atom stereocenters. The van der Waals surface area contributed by atoms with Crippen LogP contribution in [0.3, 0.4) is 0 Å². The molecule has 3 aromatic rings. The standard InChI is InChI=1S/C19H17N3O3/c1-12(23)13-6-8-14(9-7-13)20-18(24)11-10-17-21-16-5-3-2-4-15(16)19(25)22-17/h2-9H,10-11H2,1H3,(H,20,24)(H,21,22,25). The number of fused-ring (bicyclic) bond motifs is 1. The molecule has 0 aliphatic carbocycles. The number of hydrogen-bond donors (Lipinski definition) is 2. The summed E-state index contributed by atoms with van der Waals surface area (Å²) < 4.78 is 0. The van der Waals surface area contributed by atoms with Crippen molar-refractivity contribution in [3.63, 3.8) is 0 Å². The van der Waals surface area contributed by atoms with Crippen molar-refractivity contribution < 1.29 is 9.59 Å². The smallest absolute Gasteiger partial charge is 0.258 e. The molecule has 0 saturated carbocycles. The van der Waals surface area contributed by atoms with Crippen molar-refractivity contribution in [2.45, 2.75) is 19.8 Å². The molecule has 0 bridgehead atoms. The quantitative estimate of drug-likeness (QED) is 0.701. The number of aromatic nitrogens is 2. The minimum absolute atomic E-state index is 0.0239. The number of anilines is 1. The van der Waals surface area contributed by atoms with E-state index in [4.69, 9.17) is 0 Å². The third-order valence-electron chi connectivity index (χ3n) is 3.83. The average Bonchev–Trinajstić information content (AvgIpc) is 2.60. The monoisotopic (exact) mass is 335 g/mol. The topological polar surface area (TPSA) is 91.9 Å². The highest BCUT2D eigenvalue weighted by Crippen LogP contribution is 2.11. The molecule has 2 N–H and O–H groups in total. The number of Topliss-reactive ketones (excluding diaryl/α,β-unsaturated/α-hetero) is 1. The van der Waals surface area contributed by atoms with Crippen molar-refractivity contribution in [2.75, 3.05) is 5.32 Å². The molecule has 0 aliphatic rings. The van der Waals surface area contributed by atoms with E-state index in [2.05, 4.69) is 15.3 Å². The number of aromatic amines is 1. The zero-order valence-electron chi connectivity index (χ0n) is 13.7. The van der Waals surface area contributed by atoms with Gasteiger partial charge in [0.1, 0.15) is 5.82 Å². The maximum Gasteiger partial charge on any atom is 0.258 e. The number of aryl methyl sites for hydroxylation is 1. The SMILES string of the molecule is CC(=O)c1ccc(NC(=O)CCc2nc3ccccc3c(=O)[nH]2)cc1. The predicted molar refractivity (Wildman–Crippen MR) is 95.8 cm³/mol. The van der Waals surface area contributed by atoms with Crippen LogP contribution in [0.5, 0.6) is 0 Å². The van der Waals surface area contributed by atoms with Gasteiger partial charge in [0.2, 0.25) is 5.91 Å². The first kappa shape index (κ1) is 16.6. The third kappa shape index (κ3) is 3.98. The van der Waals surface area contributed by atoms with E-state index in [1.54, 1.807) is 42.5 Å². The lowest BCUT2D eigenvalue weighted by Crippen LogP contribution is -2.16. The second-order valence-electron chi connectivity index (χ2n) is 5.71. The van der Waals surface area contributed by atoms with Gasteiger partial charge in [-0.1, -0.05) is 12.1 Å². The lowest BCUT2D eigenvalue weighted by Gasteiger charge is -2.06. The number of amides is 1. The number of rotatable bonds is 5. The van der Waals surface area contributed by atoms with E-state index in [0.717, 1.165) is 0 Å². The van der Waals surface area contributed by atoms with E-state index in [9.17, 15) is 14.4 Å². The number of carbonyl (C=O) groups is 2. The van der Waals surface area contributed by atoms with E-state index in [1.165, 1.54) is 6.92 Å². The minimum atomic E-state index is -0.208. The van der Waals surface area contributed by atoms with E-state index in [0.29, 0.717) is 34.4 Å². The van der Waals surface area contributed by atoms with Crippen LogP contribution in [-0.2, 0) is 11.2 Å². The normalized spacial score (nSPS) is 10.6. The van der Waals surface area contributed by atoms with Crippen LogP contribution in [0.1, 0.15) is 29.5 Å². The maximum atomic E-state index is 12.1. The first-order valence-electron chi connectivity index (χ1n) is 7.92. The highest BCUT2D eigenvalue weighted by atomic mass is 16.1. The van der Waals surface area contributed by atoms with Crippen LogP contribution in [-0.4, -0.2) is 21.7 Å². The molecule has 6 nitrogen and oxygen atoms in total. The molecule has 0 atom stereocenters. The fourth-order valence-electron chi connectivity index (χ4n) is 2.50. The lowest BCUT2D eigenvalue weighted by atomic mass is 10.1. The number of ketones is 1. The molecule has 2 aromatic carbocycles. The number of nitrogens with zero attached hydrogens (tertiary/aromatic N) is 1. The predicted octanol–water partition coefficient (Wildman–Crippen LogP) is 2.70. The van der Waals surface area contributed by atoms with Crippen molar-refractivity contribution in [3.05, 3.63) is 70.3 Å². The van der Waals surface area contributed by atoms with Gasteiger partial charge in [0, 0.05) is 24.1 Å². The van der Waals surface area contributed by atoms with Gasteiger partial charge >= 0.3 is 0 Å². The summed E-state index contributed by atoms with van der Waals surface area (Å²) in [5, 5.41) is 3.29. The van der Waals surface area contributed by atoms with Crippen molar-refractivity contribution in [2.24, 2.45) is 0 Å². The highest BCUT2D eigenvalue weighted by Gasteiger charge is 2.07. The Morgan fingerprint density at radius 2 is 1.80 bits per heavy atom. The molecule has 1 amide bonds. The van der Waals surface area contributed by atoms with Gasteiger partial charge < -0.3 is 10.3 Å². The van der Waals surface area contributed by atoms with Crippen LogP contribution in [0, 0.1) is 0 Å². The van der Waals surface area contributed by atoms with Crippen LogP contribution in [0.4, 0.5) is 5.69 Å². The van der Waals surface area contributed by atoms with Crippen molar-refractivity contribution in [1.82, 2.24) is 9.97 Å². The summed E-state index contributed by atoms with van der Waals surface area (Å²) in [5.41, 5.74) is 1.62. The number of H-pyrrole nitrogens is 1. The van der Waals surface area contributed by atoms with Crippen LogP contribution in [0.25, 0.3) is 10.9 Å². The zero-order chi connectivity index (χ0) is 17.8. The van der Waals surface area contributed by atoms with E-state index in [-0.39, 0.29) is 23.7 Å². The van der Waals surface area contributed by atoms with Crippen LogP contribution < -0.4 is 10.9 Å². The molecule has 0 aliphatic heterocycles. The van der Waals surface area contributed by atoms with Gasteiger partial charge in [0.05, 0.1) is 10.9 Å². The van der Waals surface area contributed by atoms with E-state index < -0.39 is 0 Å². The summed E-state index contributed by atoms with van der Waals surface area (Å²) in [6.45, 7) is 1.49. The first-order valence-corrected chi connectivity index (χ1v) is 7.92. The summed E-state index contributed by atoms with van der Waals surface area (Å²) >= 11 is 0. The molecule has 0 spiro atoms. The molecule has 126 valence electrons. The summed E-state index contributed by atoms with van der Waals surface area (Å²) in [7, 11) is 0. The van der Waals surface area contributed by atoms with Gasteiger partial charge in [-0.3, -0.25) is 14.4 Å². The molecule has 0 radical (unpaired) electrons. The molecule has 6 heteroatoms. The fourth-order valence-corrected chi connectivity index (χ4v) is 2.50. The molecule has 25 heavy (non-hydrogen) atoms. The molecule has 1 heterocycles. The van der Waals surface area contributed by atoms with Crippen LogP contribution >= 0.6 is 0 Å². The van der Waals surface area contributed by atoms with Gasteiger partial charge in [-0.05, 0) is 43.3 Å². The highest BCUT2D eigenvalue weighted by molar-refractivity contribution is 5.95. The largest absolute Gasteiger partial charge is 0.326 e. The minimum Gasteiger partial charge on any atom is -0.326 e. The summed E-state index contributed by atoms with van der Waals surface area (Å²) in [6.07, 6.45) is 0.521. The molecular weight excluding hydrogens is 318 g/mol. The summed E-state index contributed by atoms with van der Waals surface area (Å²) in [6, 6.07) is 13.8. The van der Waals surface area contributed by atoms with Gasteiger partial charge in [0.25, 0.3) is 5.56 Å². The Balaban J connectivity index is 1.64. The number of nitrogens with one attached hydrogen (secondary N) is 2. The molecule has 1 aromatic heterocycles. The third-order valence-corrected chi connectivity index (χ3v) is 3.83. The Morgan fingerprint density at radius 3 is 2.52 bits per heavy atom.